The Morgan fingerprint density at radius 1 is 0.951 bits per heavy atom. The van der Waals surface area contributed by atoms with E-state index >= 15 is 0 Å². The fraction of sp³-hybridized carbons (Fsp3) is 0.333. The molecule has 0 spiro atoms. The van der Waals surface area contributed by atoms with E-state index in [9.17, 15) is 28.1 Å². The van der Waals surface area contributed by atoms with Crippen molar-refractivity contribution < 1.29 is 22.9 Å². The summed E-state index contributed by atoms with van der Waals surface area (Å²) in [6.07, 6.45) is 1.14. The van der Waals surface area contributed by atoms with Crippen LogP contribution < -0.4 is 9.62 Å². The van der Waals surface area contributed by atoms with Crippen LogP contribution in [0.3, 0.4) is 0 Å². The lowest BCUT2D eigenvalue weighted by Gasteiger charge is -2.34. The number of non-ortho nitro benzene ring substituents is 1. The second-order valence-corrected chi connectivity index (χ2v) is 12.3. The van der Waals surface area contributed by atoms with Crippen molar-refractivity contribution in [3.8, 4) is 0 Å². The Hall–Kier alpha value is -4.25. The Bertz CT molecular complexity index is 1490. The summed E-state index contributed by atoms with van der Waals surface area (Å²) in [4.78, 5) is 39.9. The fourth-order valence-electron chi connectivity index (χ4n) is 4.40. The van der Waals surface area contributed by atoms with Crippen LogP contribution >= 0.6 is 0 Å². The van der Waals surface area contributed by atoms with Crippen LogP contribution in [0.15, 0.2) is 72.8 Å². The molecule has 41 heavy (non-hydrogen) atoms. The second kappa shape index (κ2) is 13.4. The molecule has 1 atom stereocenters. The van der Waals surface area contributed by atoms with Gasteiger partial charge >= 0.3 is 0 Å². The average molecular weight is 581 g/mol. The molecule has 218 valence electrons. The summed E-state index contributed by atoms with van der Waals surface area (Å²) in [7, 11) is -4.05. The van der Waals surface area contributed by atoms with Crippen molar-refractivity contribution in [3.05, 3.63) is 105 Å². The standard InChI is InChI=1S/C30H36N4O6S/c1-21(2)31-30(36)28(17-24-9-7-6-8-10-24)32(19-25-14-11-22(3)12-15-25)29(35)20-33(41(5,39)40)27-18-26(34(37)38)16-13-23(27)4/h6-16,18,21,28H,17,19-20H2,1-5H3,(H,31,36)/t28-/m1/s1. The van der Waals surface area contributed by atoms with Gasteiger partial charge in [-0.1, -0.05) is 66.2 Å². The summed E-state index contributed by atoms with van der Waals surface area (Å²) in [6.45, 7) is 6.59. The Morgan fingerprint density at radius 3 is 2.15 bits per heavy atom. The number of carbonyl (C=O) groups excluding carboxylic acids is 2. The number of carbonyl (C=O) groups is 2. The van der Waals surface area contributed by atoms with E-state index in [1.807, 2.05) is 75.4 Å². The van der Waals surface area contributed by atoms with Crippen molar-refractivity contribution in [2.45, 2.75) is 52.7 Å². The number of nitro groups is 1. The summed E-state index contributed by atoms with van der Waals surface area (Å²) in [5.74, 6) is -0.997. The van der Waals surface area contributed by atoms with E-state index in [1.54, 1.807) is 6.92 Å². The molecule has 1 N–H and O–H groups in total. The summed E-state index contributed by atoms with van der Waals surface area (Å²) >= 11 is 0. The Kier molecular flexibility index (Phi) is 10.2. The number of aryl methyl sites for hydroxylation is 2. The van der Waals surface area contributed by atoms with Crippen LogP contribution in [0.2, 0.25) is 0 Å². The minimum Gasteiger partial charge on any atom is -0.352 e. The van der Waals surface area contributed by atoms with Crippen LogP contribution in [0, 0.1) is 24.0 Å². The topological polar surface area (TPSA) is 130 Å². The first-order valence-electron chi connectivity index (χ1n) is 13.2. The van der Waals surface area contributed by atoms with E-state index in [2.05, 4.69) is 5.32 Å². The second-order valence-electron chi connectivity index (χ2n) is 10.4. The number of sulfonamides is 1. The van der Waals surface area contributed by atoms with Gasteiger partial charge < -0.3 is 10.2 Å². The van der Waals surface area contributed by atoms with E-state index in [1.165, 1.54) is 17.0 Å². The first kappa shape index (κ1) is 31.3. The number of hydrogen-bond acceptors (Lipinski definition) is 6. The van der Waals surface area contributed by atoms with Crippen LogP contribution in [0.5, 0.6) is 0 Å². The third-order valence-corrected chi connectivity index (χ3v) is 7.65. The molecule has 0 unspecified atom stereocenters. The highest BCUT2D eigenvalue weighted by molar-refractivity contribution is 7.92. The predicted octanol–water partition coefficient (Wildman–Crippen LogP) is 4.14. The van der Waals surface area contributed by atoms with Gasteiger partial charge in [0, 0.05) is 31.1 Å². The van der Waals surface area contributed by atoms with E-state index in [4.69, 9.17) is 0 Å². The molecule has 0 radical (unpaired) electrons. The van der Waals surface area contributed by atoms with Gasteiger partial charge in [-0.05, 0) is 44.4 Å². The molecule has 0 heterocycles. The first-order chi connectivity index (χ1) is 19.3. The van der Waals surface area contributed by atoms with Crippen LogP contribution in [-0.2, 0) is 32.6 Å². The lowest BCUT2D eigenvalue weighted by molar-refractivity contribution is -0.384. The SMILES string of the molecule is Cc1ccc(CN(C(=O)CN(c2cc([N+](=O)[O-])ccc2C)S(C)(=O)=O)[C@H](Cc2ccccc2)C(=O)NC(C)C)cc1. The van der Waals surface area contributed by atoms with E-state index < -0.39 is 33.4 Å². The molecular formula is C30H36N4O6S. The molecule has 11 heteroatoms. The molecule has 2 amide bonds. The van der Waals surface area contributed by atoms with Gasteiger partial charge in [-0.15, -0.1) is 0 Å². The molecule has 0 bridgehead atoms. The lowest BCUT2D eigenvalue weighted by Crippen LogP contribution is -2.54. The molecule has 0 saturated carbocycles. The van der Waals surface area contributed by atoms with Gasteiger partial charge in [-0.25, -0.2) is 8.42 Å². The number of nitrogens with zero attached hydrogens (tertiary/aromatic N) is 3. The number of nitro benzene ring substituents is 1. The fourth-order valence-corrected chi connectivity index (χ4v) is 5.30. The van der Waals surface area contributed by atoms with Crippen LogP contribution in [0.4, 0.5) is 11.4 Å². The predicted molar refractivity (Wildman–Crippen MR) is 159 cm³/mol. The number of nitrogens with one attached hydrogen (secondary N) is 1. The Balaban J connectivity index is 2.10. The van der Waals surface area contributed by atoms with E-state index in [0.717, 1.165) is 33.3 Å². The van der Waals surface area contributed by atoms with Crippen molar-refractivity contribution in [3.63, 3.8) is 0 Å². The third-order valence-electron chi connectivity index (χ3n) is 6.53. The summed E-state index contributed by atoms with van der Waals surface area (Å²) in [5, 5.41) is 14.3. The maximum Gasteiger partial charge on any atom is 0.271 e. The van der Waals surface area contributed by atoms with Crippen molar-refractivity contribution in [1.82, 2.24) is 10.2 Å². The zero-order valence-electron chi connectivity index (χ0n) is 23.9. The molecule has 0 aliphatic heterocycles. The third kappa shape index (κ3) is 8.62. The molecule has 10 nitrogen and oxygen atoms in total. The van der Waals surface area contributed by atoms with Gasteiger partial charge in [0.15, 0.2) is 0 Å². The van der Waals surface area contributed by atoms with Gasteiger partial charge in [-0.3, -0.25) is 24.0 Å². The molecule has 0 aliphatic rings. The zero-order valence-corrected chi connectivity index (χ0v) is 24.7. The Morgan fingerprint density at radius 2 is 1.59 bits per heavy atom. The summed E-state index contributed by atoms with van der Waals surface area (Å²) in [5.41, 5.74) is 2.77. The number of hydrogen-bond donors (Lipinski definition) is 1. The molecular weight excluding hydrogens is 544 g/mol. The highest BCUT2D eigenvalue weighted by Crippen LogP contribution is 2.28. The molecule has 0 aliphatic carbocycles. The van der Waals surface area contributed by atoms with Gasteiger partial charge in [-0.2, -0.15) is 0 Å². The van der Waals surface area contributed by atoms with Crippen molar-refractivity contribution in [2.24, 2.45) is 0 Å². The molecule has 3 aromatic carbocycles. The smallest absolute Gasteiger partial charge is 0.271 e. The number of benzene rings is 3. The normalized spacial score (nSPS) is 12.0. The van der Waals surface area contributed by atoms with Crippen LogP contribution in [0.1, 0.15) is 36.1 Å². The lowest BCUT2D eigenvalue weighted by atomic mass is 10.0. The van der Waals surface area contributed by atoms with Crippen molar-refractivity contribution in [2.75, 3.05) is 17.1 Å². The largest absolute Gasteiger partial charge is 0.352 e. The highest BCUT2D eigenvalue weighted by atomic mass is 32.2. The molecule has 0 saturated heterocycles. The van der Waals surface area contributed by atoms with Crippen molar-refractivity contribution in [1.29, 1.82) is 0 Å². The van der Waals surface area contributed by atoms with Crippen LogP contribution in [0.25, 0.3) is 0 Å². The van der Waals surface area contributed by atoms with Gasteiger partial charge in [0.25, 0.3) is 5.69 Å². The minimum atomic E-state index is -4.05. The molecule has 0 aromatic heterocycles. The minimum absolute atomic E-state index is 0.0246. The molecule has 0 fully saturated rings. The number of anilines is 1. The van der Waals surface area contributed by atoms with Crippen LogP contribution in [-0.4, -0.2) is 54.9 Å². The van der Waals surface area contributed by atoms with Crippen molar-refractivity contribution >= 4 is 33.2 Å². The zero-order chi connectivity index (χ0) is 30.3. The maximum absolute atomic E-state index is 14.1. The first-order valence-corrected chi connectivity index (χ1v) is 15.0. The van der Waals surface area contributed by atoms with Gasteiger partial charge in [0.1, 0.15) is 12.6 Å². The van der Waals surface area contributed by atoms with E-state index in [0.29, 0.717) is 5.56 Å². The quantitative estimate of drug-likeness (QED) is 0.253. The van der Waals surface area contributed by atoms with Gasteiger partial charge in [0.2, 0.25) is 21.8 Å². The summed E-state index contributed by atoms with van der Waals surface area (Å²) < 4.78 is 26.8. The maximum atomic E-state index is 14.1. The van der Waals surface area contributed by atoms with E-state index in [-0.39, 0.29) is 36.3 Å². The number of amides is 2. The average Bonchev–Trinajstić information content (AvgIpc) is 2.90. The monoisotopic (exact) mass is 580 g/mol. The highest BCUT2D eigenvalue weighted by Gasteiger charge is 2.34. The van der Waals surface area contributed by atoms with Gasteiger partial charge in [0.05, 0.1) is 16.9 Å². The Labute approximate surface area is 241 Å². The molecule has 3 aromatic rings. The number of rotatable bonds is 12. The summed E-state index contributed by atoms with van der Waals surface area (Å²) in [6, 6.07) is 19.5. The molecule has 3 rings (SSSR count).